The van der Waals surface area contributed by atoms with E-state index in [2.05, 4.69) is 17.9 Å². The van der Waals surface area contributed by atoms with Crippen LogP contribution in [0.5, 0.6) is 5.75 Å². The van der Waals surface area contributed by atoms with E-state index < -0.39 is 0 Å². The smallest absolute Gasteiger partial charge is 0.191 e. The van der Waals surface area contributed by atoms with Crippen molar-refractivity contribution in [3.63, 3.8) is 0 Å². The lowest BCUT2D eigenvalue weighted by Crippen LogP contribution is -2.44. The van der Waals surface area contributed by atoms with Crippen LogP contribution in [0.3, 0.4) is 0 Å². The van der Waals surface area contributed by atoms with Gasteiger partial charge >= 0.3 is 0 Å². The number of methoxy groups -OCH3 is 1. The highest BCUT2D eigenvalue weighted by atomic mass is 32.2. The lowest BCUT2D eigenvalue weighted by Gasteiger charge is -2.35. The van der Waals surface area contributed by atoms with E-state index in [9.17, 15) is 5.11 Å². The predicted octanol–water partition coefficient (Wildman–Crippen LogP) is 3.69. The monoisotopic (exact) mass is 482 g/mol. The average molecular weight is 483 g/mol. The Morgan fingerprint density at radius 3 is 2.71 bits per heavy atom. The fourth-order valence-corrected chi connectivity index (χ4v) is 5.46. The van der Waals surface area contributed by atoms with E-state index in [0.29, 0.717) is 29.9 Å². The summed E-state index contributed by atoms with van der Waals surface area (Å²) in [5, 5.41) is 11.9. The summed E-state index contributed by atoms with van der Waals surface area (Å²) < 4.78 is 16.5. The Bertz CT molecular complexity index is 1160. The number of benzene rings is 1. The summed E-state index contributed by atoms with van der Waals surface area (Å²) in [4.78, 5) is 17.1. The third-order valence-corrected chi connectivity index (χ3v) is 7.54. The number of hydrogen-bond acceptors (Lipinski definition) is 9. The molecule has 2 aromatic heterocycles. The largest absolute Gasteiger partial charge is 0.496 e. The highest BCUT2D eigenvalue weighted by Crippen LogP contribution is 2.34. The van der Waals surface area contributed by atoms with Crippen molar-refractivity contribution >= 4 is 28.6 Å². The van der Waals surface area contributed by atoms with Gasteiger partial charge in [-0.25, -0.2) is 15.0 Å². The lowest BCUT2D eigenvalue weighted by atomic mass is 10.1. The Labute approximate surface area is 203 Å². The predicted molar refractivity (Wildman–Crippen MR) is 133 cm³/mol. The molecule has 0 spiro atoms. The maximum Gasteiger partial charge on any atom is 0.191 e. The van der Waals surface area contributed by atoms with Gasteiger partial charge in [0.05, 0.1) is 44.1 Å². The molecule has 9 heteroatoms. The minimum Gasteiger partial charge on any atom is -0.496 e. The first kappa shape index (κ1) is 23.3. The second-order valence-corrected chi connectivity index (χ2v) is 9.90. The van der Waals surface area contributed by atoms with Crippen LogP contribution in [0.4, 0.5) is 5.82 Å². The molecule has 2 fully saturated rings. The molecule has 0 bridgehead atoms. The van der Waals surface area contributed by atoms with Crippen LogP contribution in [0.2, 0.25) is 0 Å². The number of aliphatic hydroxyl groups is 1. The SMILES string of the molecule is COc1ccc(-c2ccc3c(N4CCOCC4C)nc(SC4CCOCC4)nc3n2)cc1CO. The van der Waals surface area contributed by atoms with Gasteiger partial charge in [-0.05, 0) is 50.1 Å². The highest BCUT2D eigenvalue weighted by Gasteiger charge is 2.25. The van der Waals surface area contributed by atoms with Gasteiger partial charge in [0.25, 0.3) is 0 Å². The van der Waals surface area contributed by atoms with Crippen LogP contribution < -0.4 is 9.64 Å². The topological polar surface area (TPSA) is 89.8 Å². The molecule has 0 radical (unpaired) electrons. The van der Waals surface area contributed by atoms with Crippen molar-refractivity contribution in [2.24, 2.45) is 0 Å². The average Bonchev–Trinajstić information content (AvgIpc) is 2.88. The molecular formula is C25H30N4O4S. The zero-order valence-electron chi connectivity index (χ0n) is 19.6. The number of anilines is 1. The standard InChI is InChI=1S/C25H30N4O4S/c1-16-15-33-12-9-29(16)24-20-4-5-21(17-3-6-22(31-2)18(13-17)14-30)26-23(20)27-25(28-24)34-19-7-10-32-11-8-19/h3-6,13,16,19,30H,7-12,14-15H2,1-2H3. The molecule has 2 saturated heterocycles. The van der Waals surface area contributed by atoms with Crippen molar-refractivity contribution in [2.75, 3.05) is 45.0 Å². The zero-order chi connectivity index (χ0) is 23.5. The molecular weight excluding hydrogens is 452 g/mol. The minimum absolute atomic E-state index is 0.0995. The maximum atomic E-state index is 9.74. The molecule has 1 unspecified atom stereocenters. The molecule has 1 atom stereocenters. The summed E-state index contributed by atoms with van der Waals surface area (Å²) in [6, 6.07) is 10.0. The minimum atomic E-state index is -0.0995. The summed E-state index contributed by atoms with van der Waals surface area (Å²) in [5.41, 5.74) is 3.11. The van der Waals surface area contributed by atoms with Crippen LogP contribution in [0, 0.1) is 0 Å². The molecule has 4 heterocycles. The van der Waals surface area contributed by atoms with E-state index in [1.807, 2.05) is 24.3 Å². The van der Waals surface area contributed by atoms with Crippen molar-refractivity contribution in [3.05, 3.63) is 35.9 Å². The van der Waals surface area contributed by atoms with Crippen molar-refractivity contribution in [1.82, 2.24) is 15.0 Å². The van der Waals surface area contributed by atoms with Crippen molar-refractivity contribution in [1.29, 1.82) is 0 Å². The quantitative estimate of drug-likeness (QED) is 0.528. The Kier molecular flexibility index (Phi) is 7.15. The van der Waals surface area contributed by atoms with Crippen LogP contribution >= 0.6 is 11.8 Å². The van der Waals surface area contributed by atoms with Crippen molar-refractivity contribution in [3.8, 4) is 17.0 Å². The molecule has 8 nitrogen and oxygen atoms in total. The Morgan fingerprint density at radius 2 is 1.94 bits per heavy atom. The fraction of sp³-hybridized carbons (Fsp3) is 0.480. The number of nitrogens with zero attached hydrogens (tertiary/aromatic N) is 4. The van der Waals surface area contributed by atoms with Crippen molar-refractivity contribution in [2.45, 2.75) is 42.8 Å². The van der Waals surface area contributed by atoms with Crippen LogP contribution in [0.25, 0.3) is 22.3 Å². The van der Waals surface area contributed by atoms with Gasteiger partial charge < -0.3 is 24.2 Å². The molecule has 34 heavy (non-hydrogen) atoms. The first-order valence-corrected chi connectivity index (χ1v) is 12.6. The van der Waals surface area contributed by atoms with Gasteiger partial charge in [-0.1, -0.05) is 11.8 Å². The second kappa shape index (κ2) is 10.4. The zero-order valence-corrected chi connectivity index (χ0v) is 20.4. The van der Waals surface area contributed by atoms with Gasteiger partial charge in [0, 0.05) is 36.1 Å². The Balaban J connectivity index is 1.57. The lowest BCUT2D eigenvalue weighted by molar-refractivity contribution is 0.0985. The summed E-state index contributed by atoms with van der Waals surface area (Å²) in [7, 11) is 1.60. The van der Waals surface area contributed by atoms with Crippen LogP contribution in [0.1, 0.15) is 25.3 Å². The molecule has 2 aliphatic heterocycles. The number of pyridine rings is 1. The third-order valence-electron chi connectivity index (χ3n) is 6.35. The number of hydrogen-bond donors (Lipinski definition) is 1. The fourth-order valence-electron chi connectivity index (χ4n) is 4.45. The third kappa shape index (κ3) is 4.84. The number of aliphatic hydroxyl groups excluding tert-OH is 1. The Morgan fingerprint density at radius 1 is 1.09 bits per heavy atom. The van der Waals surface area contributed by atoms with E-state index in [0.717, 1.165) is 65.8 Å². The van der Waals surface area contributed by atoms with E-state index >= 15 is 0 Å². The number of morpholine rings is 1. The first-order chi connectivity index (χ1) is 16.7. The van der Waals surface area contributed by atoms with Gasteiger partial charge in [0.1, 0.15) is 11.6 Å². The number of ether oxygens (including phenoxy) is 3. The number of fused-ring (bicyclic) bond motifs is 1. The normalized spacial score (nSPS) is 19.5. The van der Waals surface area contributed by atoms with E-state index in [4.69, 9.17) is 29.2 Å². The van der Waals surface area contributed by atoms with Gasteiger partial charge in [-0.3, -0.25) is 0 Å². The first-order valence-electron chi connectivity index (χ1n) is 11.7. The van der Waals surface area contributed by atoms with E-state index in [1.54, 1.807) is 18.9 Å². The summed E-state index contributed by atoms with van der Waals surface area (Å²) >= 11 is 1.72. The van der Waals surface area contributed by atoms with Crippen LogP contribution in [-0.2, 0) is 16.1 Å². The molecule has 0 aliphatic carbocycles. The molecule has 1 aromatic carbocycles. The van der Waals surface area contributed by atoms with Crippen LogP contribution in [0.15, 0.2) is 35.5 Å². The number of rotatable bonds is 6. The van der Waals surface area contributed by atoms with Gasteiger partial charge in [0.2, 0.25) is 0 Å². The molecule has 1 N–H and O–H groups in total. The summed E-state index contributed by atoms with van der Waals surface area (Å²) in [5.74, 6) is 1.58. The Hall–Kier alpha value is -2.46. The maximum absolute atomic E-state index is 9.74. The molecule has 0 amide bonds. The number of aromatic nitrogens is 3. The summed E-state index contributed by atoms with van der Waals surface area (Å²) in [6.07, 6.45) is 2.00. The molecule has 0 saturated carbocycles. The van der Waals surface area contributed by atoms with Gasteiger partial charge in [-0.2, -0.15) is 0 Å². The summed E-state index contributed by atoms with van der Waals surface area (Å²) in [6.45, 7) is 5.77. The molecule has 2 aliphatic rings. The van der Waals surface area contributed by atoms with E-state index in [-0.39, 0.29) is 12.6 Å². The van der Waals surface area contributed by atoms with Gasteiger partial charge in [0.15, 0.2) is 10.8 Å². The van der Waals surface area contributed by atoms with Crippen molar-refractivity contribution < 1.29 is 19.3 Å². The van der Waals surface area contributed by atoms with Gasteiger partial charge in [-0.15, -0.1) is 0 Å². The molecule has 3 aromatic rings. The second-order valence-electron chi connectivity index (χ2n) is 8.63. The molecule has 5 rings (SSSR count). The molecule has 180 valence electrons. The van der Waals surface area contributed by atoms with E-state index in [1.165, 1.54) is 0 Å². The van der Waals surface area contributed by atoms with Crippen LogP contribution in [-0.4, -0.2) is 71.4 Å². The number of thioether (sulfide) groups is 1. The highest BCUT2D eigenvalue weighted by molar-refractivity contribution is 7.99.